The summed E-state index contributed by atoms with van der Waals surface area (Å²) in [6, 6.07) is 4.61. The van der Waals surface area contributed by atoms with E-state index in [0.717, 1.165) is 12.1 Å². The number of urea groups is 1. The molecule has 10 heteroatoms. The van der Waals surface area contributed by atoms with E-state index in [1.54, 1.807) is 11.0 Å². The summed E-state index contributed by atoms with van der Waals surface area (Å²) in [7, 11) is 0. The Kier molecular flexibility index (Phi) is 7.30. The summed E-state index contributed by atoms with van der Waals surface area (Å²) in [5, 5.41) is 2.64. The number of alkyl halides is 3. The van der Waals surface area contributed by atoms with Crippen molar-refractivity contribution < 1.29 is 27.4 Å². The zero-order valence-electron chi connectivity index (χ0n) is 15.0. The second kappa shape index (κ2) is 9.67. The van der Waals surface area contributed by atoms with E-state index in [2.05, 4.69) is 21.6 Å². The molecule has 1 fully saturated rings. The van der Waals surface area contributed by atoms with Crippen LogP contribution in [0.5, 0.6) is 5.75 Å². The third-order valence-electron chi connectivity index (χ3n) is 3.79. The van der Waals surface area contributed by atoms with Crippen molar-refractivity contribution in [2.24, 2.45) is 10.7 Å². The van der Waals surface area contributed by atoms with Gasteiger partial charge in [-0.15, -0.1) is 13.2 Å². The first kappa shape index (κ1) is 21.1. The third-order valence-corrected chi connectivity index (χ3v) is 3.79. The highest BCUT2D eigenvalue weighted by Crippen LogP contribution is 2.24. The Bertz CT molecular complexity index is 725. The summed E-state index contributed by atoms with van der Waals surface area (Å²) in [6.07, 6.45) is 0.702. The number of benzene rings is 1. The number of nitrogens with zero attached hydrogens (tertiary/aromatic N) is 2. The van der Waals surface area contributed by atoms with Gasteiger partial charge >= 0.3 is 12.4 Å². The first-order valence-corrected chi connectivity index (χ1v) is 8.45. The predicted octanol–water partition coefficient (Wildman–Crippen LogP) is 3.61. The van der Waals surface area contributed by atoms with Crippen molar-refractivity contribution in [3.05, 3.63) is 49.0 Å². The van der Waals surface area contributed by atoms with Gasteiger partial charge in [0.05, 0.1) is 0 Å². The fourth-order valence-electron chi connectivity index (χ4n) is 2.52. The predicted molar refractivity (Wildman–Crippen MR) is 98.8 cm³/mol. The Hall–Kier alpha value is -3.17. The molecule has 2 rings (SSSR count). The molecule has 0 aliphatic carbocycles. The van der Waals surface area contributed by atoms with Crippen molar-refractivity contribution in [2.75, 3.05) is 18.4 Å². The van der Waals surface area contributed by atoms with Gasteiger partial charge in [-0.1, -0.05) is 0 Å². The quantitative estimate of drug-likeness (QED) is 0.566. The van der Waals surface area contributed by atoms with Gasteiger partial charge in [0.25, 0.3) is 0 Å². The molecule has 0 unspecified atom stereocenters. The molecule has 152 valence electrons. The number of aliphatic imine (C=N–C) groups is 1. The zero-order chi connectivity index (χ0) is 20.6. The highest BCUT2D eigenvalue weighted by molar-refractivity contribution is 5.89. The third kappa shape index (κ3) is 7.22. The second-order valence-electron chi connectivity index (χ2n) is 5.86. The van der Waals surface area contributed by atoms with Gasteiger partial charge in [0.1, 0.15) is 11.9 Å². The minimum Gasteiger partial charge on any atom is -0.475 e. The largest absolute Gasteiger partial charge is 0.573 e. The van der Waals surface area contributed by atoms with Crippen LogP contribution in [0.4, 0.5) is 23.7 Å². The van der Waals surface area contributed by atoms with Gasteiger partial charge in [-0.3, -0.25) is 0 Å². The summed E-state index contributed by atoms with van der Waals surface area (Å²) in [5.41, 5.74) is 5.56. The van der Waals surface area contributed by atoms with Crippen LogP contribution in [0.3, 0.4) is 0 Å². The molecule has 2 amide bonds. The van der Waals surface area contributed by atoms with Crippen molar-refractivity contribution in [1.29, 1.82) is 0 Å². The molecule has 1 aliphatic heterocycles. The number of likely N-dealkylation sites (tertiary alicyclic amines) is 1. The van der Waals surface area contributed by atoms with Gasteiger partial charge in [0, 0.05) is 37.8 Å². The maximum absolute atomic E-state index is 12.3. The lowest BCUT2D eigenvalue weighted by atomic mass is 10.1. The van der Waals surface area contributed by atoms with Crippen LogP contribution in [-0.4, -0.2) is 42.7 Å². The summed E-state index contributed by atoms with van der Waals surface area (Å²) < 4.78 is 45.9. The number of rotatable bonds is 6. The van der Waals surface area contributed by atoms with Gasteiger partial charge in [-0.05, 0) is 43.1 Å². The first-order valence-electron chi connectivity index (χ1n) is 8.45. The minimum absolute atomic E-state index is 0.102. The van der Waals surface area contributed by atoms with E-state index in [9.17, 15) is 18.0 Å². The smallest absolute Gasteiger partial charge is 0.475 e. The number of carbonyl (C=O) groups is 1. The van der Waals surface area contributed by atoms with E-state index in [1.165, 1.54) is 24.5 Å². The van der Waals surface area contributed by atoms with Crippen molar-refractivity contribution in [3.63, 3.8) is 0 Å². The SMILES string of the molecule is C=C(N=C/C=C\N)OC1CCN(C(=O)Nc2ccc(OC(F)(F)F)cc2)CC1. The van der Waals surface area contributed by atoms with Gasteiger partial charge in [0.15, 0.2) is 0 Å². The molecular weight excluding hydrogens is 377 g/mol. The van der Waals surface area contributed by atoms with Crippen LogP contribution in [-0.2, 0) is 4.74 Å². The summed E-state index contributed by atoms with van der Waals surface area (Å²) in [4.78, 5) is 17.9. The average Bonchev–Trinajstić information content (AvgIpc) is 2.63. The van der Waals surface area contributed by atoms with Crippen LogP contribution in [0, 0.1) is 0 Å². The highest BCUT2D eigenvalue weighted by atomic mass is 19.4. The monoisotopic (exact) mass is 398 g/mol. The molecular formula is C18H21F3N4O3. The lowest BCUT2D eigenvalue weighted by Gasteiger charge is -2.32. The van der Waals surface area contributed by atoms with E-state index >= 15 is 0 Å². The Balaban J connectivity index is 1.78. The number of nitrogens with two attached hydrogens (primary N) is 1. The van der Waals surface area contributed by atoms with E-state index < -0.39 is 6.36 Å². The Labute approximate surface area is 160 Å². The maximum atomic E-state index is 12.3. The van der Waals surface area contributed by atoms with E-state index in [4.69, 9.17) is 10.5 Å². The fraction of sp³-hybridized carbons (Fsp3) is 0.333. The van der Waals surface area contributed by atoms with Gasteiger partial charge in [-0.2, -0.15) is 0 Å². The number of nitrogens with one attached hydrogen (secondary N) is 1. The molecule has 0 atom stereocenters. The van der Waals surface area contributed by atoms with Crippen LogP contribution in [0.1, 0.15) is 12.8 Å². The lowest BCUT2D eigenvalue weighted by molar-refractivity contribution is -0.274. The van der Waals surface area contributed by atoms with Gasteiger partial charge < -0.3 is 25.4 Å². The fourth-order valence-corrected chi connectivity index (χ4v) is 2.52. The first-order chi connectivity index (χ1) is 13.3. The summed E-state index contributed by atoms with van der Waals surface area (Å²) >= 11 is 0. The van der Waals surface area contributed by atoms with E-state index in [1.807, 2.05) is 0 Å². The number of hydrogen-bond acceptors (Lipinski definition) is 5. The topological polar surface area (TPSA) is 89.2 Å². The highest BCUT2D eigenvalue weighted by Gasteiger charge is 2.31. The van der Waals surface area contributed by atoms with Crippen LogP contribution in [0.15, 0.2) is 54.0 Å². The van der Waals surface area contributed by atoms with Crippen molar-refractivity contribution >= 4 is 17.9 Å². The number of allylic oxidation sites excluding steroid dienone is 1. The second-order valence-corrected chi connectivity index (χ2v) is 5.86. The minimum atomic E-state index is -4.76. The summed E-state index contributed by atoms with van der Waals surface area (Å²) in [5.74, 6) is -0.0875. The van der Waals surface area contributed by atoms with Crippen LogP contribution < -0.4 is 15.8 Å². The standard InChI is InChI=1S/C18H21F3N4O3/c1-13(23-10-2-9-22)27-15-7-11-25(12-8-15)17(26)24-14-3-5-16(6-4-14)28-18(19,20)21/h2-6,9-10,15H,1,7-8,11-12,22H2,(H,24,26)/b9-2-,23-10?. The number of ether oxygens (including phenoxy) is 2. The van der Waals surface area contributed by atoms with Crippen LogP contribution in [0.25, 0.3) is 0 Å². The number of hydrogen-bond donors (Lipinski definition) is 2. The van der Waals surface area contributed by atoms with E-state index in [-0.39, 0.29) is 23.8 Å². The number of carbonyl (C=O) groups excluding carboxylic acids is 1. The molecule has 1 saturated heterocycles. The molecule has 1 aliphatic rings. The normalized spacial score (nSPS) is 15.8. The van der Waals surface area contributed by atoms with Crippen LogP contribution >= 0.6 is 0 Å². The molecule has 0 bridgehead atoms. The summed E-state index contributed by atoms with van der Waals surface area (Å²) in [6.45, 7) is 4.62. The molecule has 0 radical (unpaired) electrons. The molecule has 0 spiro atoms. The lowest BCUT2D eigenvalue weighted by Crippen LogP contribution is -2.42. The number of anilines is 1. The van der Waals surface area contributed by atoms with Crippen molar-refractivity contribution in [2.45, 2.75) is 25.3 Å². The number of halogens is 3. The molecule has 7 nitrogen and oxygen atoms in total. The molecule has 1 aromatic carbocycles. The Morgan fingerprint density at radius 1 is 1.29 bits per heavy atom. The van der Waals surface area contributed by atoms with Gasteiger partial charge in [0.2, 0.25) is 5.88 Å². The molecule has 0 saturated carbocycles. The molecule has 1 aromatic rings. The zero-order valence-corrected chi connectivity index (χ0v) is 15.0. The molecule has 3 N–H and O–H groups in total. The molecule has 28 heavy (non-hydrogen) atoms. The Morgan fingerprint density at radius 3 is 2.50 bits per heavy atom. The average molecular weight is 398 g/mol. The van der Waals surface area contributed by atoms with Crippen molar-refractivity contribution in [3.8, 4) is 5.75 Å². The van der Waals surface area contributed by atoms with Crippen LogP contribution in [0.2, 0.25) is 0 Å². The number of piperidine rings is 1. The van der Waals surface area contributed by atoms with Crippen molar-refractivity contribution in [1.82, 2.24) is 4.90 Å². The maximum Gasteiger partial charge on any atom is 0.573 e. The molecule has 1 heterocycles. The van der Waals surface area contributed by atoms with Gasteiger partial charge in [-0.25, -0.2) is 9.79 Å². The van der Waals surface area contributed by atoms with E-state index in [0.29, 0.717) is 31.6 Å². The molecule has 0 aromatic heterocycles. The Morgan fingerprint density at radius 2 is 1.93 bits per heavy atom. The number of amides is 2.